The molecule has 4 rings (SSSR count). The summed E-state index contributed by atoms with van der Waals surface area (Å²) in [5.74, 6) is 0.491. The highest BCUT2D eigenvalue weighted by Gasteiger charge is 2.41. The van der Waals surface area contributed by atoms with Gasteiger partial charge in [0.05, 0.1) is 25.4 Å². The molecule has 3 aromatic carbocycles. The van der Waals surface area contributed by atoms with Gasteiger partial charge in [0.15, 0.2) is 0 Å². The number of hydrogen-bond donors (Lipinski definition) is 1. The van der Waals surface area contributed by atoms with Gasteiger partial charge < -0.3 is 19.7 Å². The Balaban J connectivity index is 1.68. The van der Waals surface area contributed by atoms with Crippen molar-refractivity contribution in [3.63, 3.8) is 0 Å². The Morgan fingerprint density at radius 3 is 2.45 bits per heavy atom. The van der Waals surface area contributed by atoms with Gasteiger partial charge in [-0.2, -0.15) is 0 Å². The number of carbonyl (C=O) groups excluding carboxylic acids is 2. The van der Waals surface area contributed by atoms with Gasteiger partial charge in [0, 0.05) is 12.6 Å². The van der Waals surface area contributed by atoms with E-state index in [1.807, 2.05) is 62.4 Å². The first-order chi connectivity index (χ1) is 18.3. The first-order valence-electron chi connectivity index (χ1n) is 12.5. The van der Waals surface area contributed by atoms with Crippen molar-refractivity contribution in [1.82, 2.24) is 19.9 Å². The van der Waals surface area contributed by atoms with Crippen LogP contribution in [0.2, 0.25) is 0 Å². The van der Waals surface area contributed by atoms with Crippen LogP contribution in [0.5, 0.6) is 11.5 Å². The van der Waals surface area contributed by atoms with E-state index in [2.05, 4.69) is 15.6 Å². The molecule has 198 valence electrons. The molecular formula is C29H33N5O4. The molecule has 1 unspecified atom stereocenters. The van der Waals surface area contributed by atoms with Gasteiger partial charge in [0.1, 0.15) is 29.1 Å². The van der Waals surface area contributed by atoms with Gasteiger partial charge in [-0.15, -0.1) is 5.10 Å². The van der Waals surface area contributed by atoms with E-state index in [-0.39, 0.29) is 24.9 Å². The maximum Gasteiger partial charge on any atom is 0.250 e. The molecule has 2 amide bonds. The Kier molecular flexibility index (Phi) is 7.95. The highest BCUT2D eigenvalue weighted by atomic mass is 16.5. The number of amides is 2. The summed E-state index contributed by atoms with van der Waals surface area (Å²) in [5.41, 5.74) is 2.80. The molecule has 0 spiro atoms. The lowest BCUT2D eigenvalue weighted by Crippen LogP contribution is -2.57. The first-order valence-corrected chi connectivity index (χ1v) is 12.5. The number of ether oxygens (including phenoxy) is 2. The summed E-state index contributed by atoms with van der Waals surface area (Å²) in [5, 5.41) is 11.3. The molecule has 1 N–H and O–H groups in total. The normalized spacial score (nSPS) is 12.6. The van der Waals surface area contributed by atoms with E-state index in [0.29, 0.717) is 29.1 Å². The van der Waals surface area contributed by atoms with Crippen molar-refractivity contribution in [1.29, 1.82) is 0 Å². The molecule has 0 saturated carbocycles. The second-order valence-electron chi connectivity index (χ2n) is 9.35. The quantitative estimate of drug-likeness (QED) is 0.332. The van der Waals surface area contributed by atoms with Crippen molar-refractivity contribution in [2.75, 3.05) is 19.5 Å². The summed E-state index contributed by atoms with van der Waals surface area (Å²) in [6.07, 6.45) is 0.382. The van der Waals surface area contributed by atoms with E-state index in [0.717, 1.165) is 16.6 Å². The van der Waals surface area contributed by atoms with E-state index in [1.165, 1.54) is 7.11 Å². The number of benzene rings is 3. The number of hydrogen-bond acceptors (Lipinski definition) is 6. The minimum atomic E-state index is -1.18. The Morgan fingerprint density at radius 2 is 1.76 bits per heavy atom. The third kappa shape index (κ3) is 5.46. The van der Waals surface area contributed by atoms with E-state index < -0.39 is 5.54 Å². The number of carbonyl (C=O) groups is 2. The van der Waals surface area contributed by atoms with E-state index >= 15 is 0 Å². The fraction of sp³-hybridized carbons (Fsp3) is 0.310. The van der Waals surface area contributed by atoms with Gasteiger partial charge in [-0.3, -0.25) is 9.59 Å². The summed E-state index contributed by atoms with van der Waals surface area (Å²) in [4.78, 5) is 29.4. The zero-order valence-electron chi connectivity index (χ0n) is 22.4. The molecule has 4 aromatic rings. The molecule has 9 nitrogen and oxygen atoms in total. The Morgan fingerprint density at radius 1 is 1.03 bits per heavy atom. The van der Waals surface area contributed by atoms with Crippen LogP contribution in [0.3, 0.4) is 0 Å². The van der Waals surface area contributed by atoms with E-state index in [4.69, 9.17) is 9.47 Å². The Bertz CT molecular complexity index is 1430. The molecule has 0 aliphatic carbocycles. The van der Waals surface area contributed by atoms with Gasteiger partial charge in [-0.1, -0.05) is 54.1 Å². The van der Waals surface area contributed by atoms with E-state index in [1.54, 1.807) is 41.8 Å². The first kappa shape index (κ1) is 26.7. The largest absolute Gasteiger partial charge is 0.497 e. The number of rotatable bonds is 10. The lowest BCUT2D eigenvalue weighted by atomic mass is 9.93. The second-order valence-corrected chi connectivity index (χ2v) is 9.35. The average molecular weight is 516 g/mol. The summed E-state index contributed by atoms with van der Waals surface area (Å²) in [6.45, 7) is 5.88. The lowest BCUT2D eigenvalue weighted by molar-refractivity contribution is -0.146. The smallest absolute Gasteiger partial charge is 0.250 e. The molecule has 1 heterocycles. The fourth-order valence-electron chi connectivity index (χ4n) is 4.29. The average Bonchev–Trinajstić information content (AvgIpc) is 3.34. The molecule has 1 atom stereocenters. The molecule has 0 aliphatic rings. The minimum absolute atomic E-state index is 0.0545. The van der Waals surface area contributed by atoms with Crippen LogP contribution in [0.1, 0.15) is 31.4 Å². The van der Waals surface area contributed by atoms with Crippen molar-refractivity contribution in [3.8, 4) is 11.5 Å². The molecule has 9 heteroatoms. The standard InChI is InChI=1S/C29H33N5O4/c1-6-29(3,28(36)30-24-16-15-22(37-4)17-26(24)38-5)33(18-21-13-11-20(2)12-14-21)27(35)19-34-25-10-8-7-9-23(25)31-32-34/h7-17H,6,18-19H2,1-5H3,(H,30,36). The molecule has 1 aromatic heterocycles. The fourth-order valence-corrected chi connectivity index (χ4v) is 4.29. The summed E-state index contributed by atoms with van der Waals surface area (Å²) in [7, 11) is 3.09. The Labute approximate surface area is 222 Å². The lowest BCUT2D eigenvalue weighted by Gasteiger charge is -2.40. The van der Waals surface area contributed by atoms with Crippen molar-refractivity contribution in [2.24, 2.45) is 0 Å². The maximum absolute atomic E-state index is 13.9. The van der Waals surface area contributed by atoms with Gasteiger partial charge in [-0.05, 0) is 50.1 Å². The number of anilines is 1. The summed E-state index contributed by atoms with van der Waals surface area (Å²) < 4.78 is 12.3. The number of methoxy groups -OCH3 is 2. The van der Waals surface area contributed by atoms with Gasteiger partial charge in [0.2, 0.25) is 11.8 Å². The Hall–Kier alpha value is -4.40. The van der Waals surface area contributed by atoms with Crippen LogP contribution in [0, 0.1) is 6.92 Å². The third-order valence-corrected chi connectivity index (χ3v) is 6.90. The molecular weight excluding hydrogens is 482 g/mol. The maximum atomic E-state index is 13.9. The predicted octanol–water partition coefficient (Wildman–Crippen LogP) is 4.59. The van der Waals surface area contributed by atoms with Crippen LogP contribution in [0.15, 0.2) is 66.7 Å². The molecule has 38 heavy (non-hydrogen) atoms. The van der Waals surface area contributed by atoms with Crippen LogP contribution >= 0.6 is 0 Å². The minimum Gasteiger partial charge on any atom is -0.497 e. The van der Waals surface area contributed by atoms with Crippen LogP contribution in [-0.2, 0) is 22.7 Å². The van der Waals surface area contributed by atoms with Crippen molar-refractivity contribution >= 4 is 28.5 Å². The van der Waals surface area contributed by atoms with Gasteiger partial charge in [0.25, 0.3) is 0 Å². The van der Waals surface area contributed by atoms with Crippen molar-refractivity contribution < 1.29 is 19.1 Å². The molecule has 0 saturated heterocycles. The number of aryl methyl sites for hydroxylation is 1. The topological polar surface area (TPSA) is 98.6 Å². The van der Waals surface area contributed by atoms with Crippen LogP contribution in [-0.4, -0.2) is 51.5 Å². The predicted molar refractivity (Wildman–Crippen MR) is 146 cm³/mol. The molecule has 0 fully saturated rings. The van der Waals surface area contributed by atoms with Crippen molar-refractivity contribution in [2.45, 2.75) is 45.8 Å². The number of para-hydroxylation sites is 1. The molecule has 0 aliphatic heterocycles. The number of nitrogens with one attached hydrogen (secondary N) is 1. The zero-order chi connectivity index (χ0) is 27.3. The number of aromatic nitrogens is 3. The molecule has 0 bridgehead atoms. The summed E-state index contributed by atoms with van der Waals surface area (Å²) in [6, 6.07) is 20.6. The molecule has 0 radical (unpaired) electrons. The zero-order valence-corrected chi connectivity index (χ0v) is 22.4. The van der Waals surface area contributed by atoms with Crippen molar-refractivity contribution in [3.05, 3.63) is 77.9 Å². The summed E-state index contributed by atoms with van der Waals surface area (Å²) >= 11 is 0. The van der Waals surface area contributed by atoms with Gasteiger partial charge >= 0.3 is 0 Å². The van der Waals surface area contributed by atoms with E-state index in [9.17, 15) is 9.59 Å². The van der Waals surface area contributed by atoms with Crippen LogP contribution in [0.25, 0.3) is 11.0 Å². The highest BCUT2D eigenvalue weighted by Crippen LogP contribution is 2.32. The highest BCUT2D eigenvalue weighted by molar-refractivity contribution is 6.01. The van der Waals surface area contributed by atoms with Gasteiger partial charge in [-0.25, -0.2) is 4.68 Å². The third-order valence-electron chi connectivity index (χ3n) is 6.90. The SMILES string of the molecule is CCC(C)(C(=O)Nc1ccc(OC)cc1OC)N(Cc1ccc(C)cc1)C(=O)Cn1nnc2ccccc21. The van der Waals surface area contributed by atoms with Crippen LogP contribution in [0.4, 0.5) is 5.69 Å². The number of nitrogens with zero attached hydrogens (tertiary/aromatic N) is 4. The van der Waals surface area contributed by atoms with Crippen LogP contribution < -0.4 is 14.8 Å². The number of fused-ring (bicyclic) bond motifs is 1. The second kappa shape index (κ2) is 11.3. The monoisotopic (exact) mass is 515 g/mol.